The summed E-state index contributed by atoms with van der Waals surface area (Å²) in [7, 11) is 0. The molecule has 0 aromatic carbocycles. The summed E-state index contributed by atoms with van der Waals surface area (Å²) >= 11 is 0. The van der Waals surface area contributed by atoms with Crippen LogP contribution in [0.1, 0.15) is 168 Å². The lowest BCUT2D eigenvalue weighted by Gasteiger charge is -2.42. The Bertz CT molecular complexity index is 1570. The summed E-state index contributed by atoms with van der Waals surface area (Å²) in [6.07, 6.45) is 36.4. The molecule has 0 aromatic rings. The fraction of sp³-hybridized carbons (Fsp3) is 0.719. The second kappa shape index (κ2) is 43.0. The summed E-state index contributed by atoms with van der Waals surface area (Å²) in [5.74, 6) is -1.08. The molecule has 15 nitrogen and oxygen atoms in total. The first-order chi connectivity index (χ1) is 35.0. The molecule has 2 aliphatic rings. The minimum atomic E-state index is -1.79. The van der Waals surface area contributed by atoms with Crippen molar-refractivity contribution in [1.82, 2.24) is 0 Å². The van der Waals surface area contributed by atoms with Gasteiger partial charge in [0.2, 0.25) is 0 Å². The molecule has 11 unspecified atom stereocenters. The molecule has 412 valence electrons. The van der Waals surface area contributed by atoms with E-state index >= 15 is 0 Å². The lowest BCUT2D eigenvalue weighted by Crippen LogP contribution is -2.61. The molecule has 0 aliphatic carbocycles. The third-order valence-corrected chi connectivity index (χ3v) is 12.4. The average molecular weight is 1020 g/mol. The van der Waals surface area contributed by atoms with Crippen molar-refractivity contribution in [2.24, 2.45) is 0 Å². The fourth-order valence-electron chi connectivity index (χ4n) is 7.97. The first kappa shape index (κ1) is 64.8. The second-order valence-electron chi connectivity index (χ2n) is 18.7. The average Bonchev–Trinajstić information content (AvgIpc) is 3.37. The zero-order valence-corrected chi connectivity index (χ0v) is 43.6. The molecule has 0 aromatic heterocycles. The van der Waals surface area contributed by atoms with Crippen LogP contribution in [0, 0.1) is 0 Å². The summed E-state index contributed by atoms with van der Waals surface area (Å²) in [6, 6.07) is 0. The number of hydrogen-bond acceptors (Lipinski definition) is 15. The highest BCUT2D eigenvalue weighted by Crippen LogP contribution is 2.26. The first-order valence-electron chi connectivity index (χ1n) is 27.2. The number of hydrogen-bond donors (Lipinski definition) is 7. The van der Waals surface area contributed by atoms with E-state index in [9.17, 15) is 45.3 Å². The molecule has 2 rings (SSSR count). The van der Waals surface area contributed by atoms with Crippen LogP contribution in [0.2, 0.25) is 0 Å². The van der Waals surface area contributed by atoms with Crippen LogP contribution < -0.4 is 0 Å². The third-order valence-electron chi connectivity index (χ3n) is 12.4. The van der Waals surface area contributed by atoms with Crippen LogP contribution in [0.25, 0.3) is 0 Å². The van der Waals surface area contributed by atoms with E-state index in [0.29, 0.717) is 12.8 Å². The van der Waals surface area contributed by atoms with E-state index in [4.69, 9.17) is 28.4 Å². The normalized spacial score (nSPS) is 25.7. The van der Waals surface area contributed by atoms with E-state index in [2.05, 4.69) is 74.6 Å². The smallest absolute Gasteiger partial charge is 0.310 e. The Morgan fingerprint density at radius 2 is 0.917 bits per heavy atom. The Balaban J connectivity index is 1.80. The minimum Gasteiger partial charge on any atom is -0.462 e. The number of allylic oxidation sites excluding steroid dienone is 13. The van der Waals surface area contributed by atoms with Gasteiger partial charge in [-0.3, -0.25) is 9.59 Å². The van der Waals surface area contributed by atoms with Crippen LogP contribution in [-0.4, -0.2) is 142 Å². The van der Waals surface area contributed by atoms with Gasteiger partial charge in [-0.2, -0.15) is 0 Å². The van der Waals surface area contributed by atoms with Crippen molar-refractivity contribution in [3.8, 4) is 0 Å². The van der Waals surface area contributed by atoms with Gasteiger partial charge in [0.05, 0.1) is 26.2 Å². The van der Waals surface area contributed by atoms with Gasteiger partial charge in [0.1, 0.15) is 55.4 Å². The van der Waals surface area contributed by atoms with Crippen molar-refractivity contribution < 1.29 is 73.8 Å². The van der Waals surface area contributed by atoms with Gasteiger partial charge >= 0.3 is 11.9 Å². The number of aliphatic hydroxyl groups excluding tert-OH is 7. The summed E-state index contributed by atoms with van der Waals surface area (Å²) in [5.41, 5.74) is 0. The van der Waals surface area contributed by atoms with E-state index in [1.165, 1.54) is 64.2 Å². The van der Waals surface area contributed by atoms with E-state index < -0.39 is 99.3 Å². The Labute approximate surface area is 431 Å². The Morgan fingerprint density at radius 1 is 0.472 bits per heavy atom. The Hall–Kier alpha value is -3.32. The topological polar surface area (TPSA) is 231 Å². The predicted octanol–water partition coefficient (Wildman–Crippen LogP) is 8.38. The van der Waals surface area contributed by atoms with Crippen LogP contribution in [0.4, 0.5) is 0 Å². The quantitative estimate of drug-likeness (QED) is 0.0173. The molecule has 72 heavy (non-hydrogen) atoms. The molecule has 0 radical (unpaired) electrons. The molecule has 7 N–H and O–H groups in total. The van der Waals surface area contributed by atoms with E-state index in [1.807, 2.05) is 18.2 Å². The molecule has 0 amide bonds. The van der Waals surface area contributed by atoms with Crippen LogP contribution in [0.3, 0.4) is 0 Å². The molecule has 2 fully saturated rings. The van der Waals surface area contributed by atoms with E-state index in [0.717, 1.165) is 64.2 Å². The molecule has 2 saturated heterocycles. The first-order valence-corrected chi connectivity index (χ1v) is 27.2. The molecule has 15 heteroatoms. The van der Waals surface area contributed by atoms with E-state index in [1.54, 1.807) is 6.08 Å². The zero-order chi connectivity index (χ0) is 52.4. The van der Waals surface area contributed by atoms with Crippen molar-refractivity contribution in [2.75, 3.05) is 26.4 Å². The maximum absolute atomic E-state index is 13.0. The maximum atomic E-state index is 13.0. The van der Waals surface area contributed by atoms with Crippen LogP contribution in [0.5, 0.6) is 0 Å². The summed E-state index contributed by atoms with van der Waals surface area (Å²) in [5, 5.41) is 72.1. The Kier molecular flexibility index (Phi) is 38.7. The summed E-state index contributed by atoms with van der Waals surface area (Å²) < 4.78 is 33.5. The molecule has 2 aliphatic heterocycles. The molecule has 0 saturated carbocycles. The van der Waals surface area contributed by atoms with E-state index in [-0.39, 0.29) is 19.4 Å². The van der Waals surface area contributed by atoms with Gasteiger partial charge in [0.25, 0.3) is 0 Å². The number of esters is 2. The zero-order valence-electron chi connectivity index (χ0n) is 43.6. The van der Waals surface area contributed by atoms with Gasteiger partial charge in [-0.15, -0.1) is 0 Å². The van der Waals surface area contributed by atoms with Crippen LogP contribution >= 0.6 is 0 Å². The van der Waals surface area contributed by atoms with Gasteiger partial charge < -0.3 is 64.2 Å². The third kappa shape index (κ3) is 30.1. The van der Waals surface area contributed by atoms with Crippen molar-refractivity contribution in [2.45, 2.75) is 235 Å². The largest absolute Gasteiger partial charge is 0.462 e. The SMILES string of the molecule is CC/C=C\C/C=C\C/C=C\C/C=C\C/C=C\CC(=O)OC(COC(=O)CCCCCCCCCCC/C=C\C/C=C\CCCCCCC)COC1OC(COC2OC(CO)C(O)C(O)C2O)C(O)C(O)C1O. The molecular weight excluding hydrogens is 925 g/mol. The number of unbranched alkanes of at least 4 members (excludes halogenated alkanes) is 14. The standard InChI is InChI=1S/C57H94O15/c1-3-5-7-9-11-13-15-17-19-20-21-22-23-24-26-27-29-31-33-35-37-39-48(59)67-42-45(70-49(60)40-38-36-34-32-30-28-25-18-16-14-12-10-8-6-4-2)43-68-56-55(66)53(64)51(62)47(72-56)44-69-57-54(65)52(63)50(61)46(41-58)71-57/h6,8,12,14-15,17-18,20-21,25,30,32,36,38,45-47,50-58,61-66H,3-5,7,9-11,13,16,19,22-24,26-29,31,33-35,37,39-44H2,1-2H3/b8-6-,14-12-,17-15-,21-20-,25-18-,32-30-,38-36-. The molecule has 2 heterocycles. The lowest BCUT2D eigenvalue weighted by molar-refractivity contribution is -0.332. The van der Waals surface area contributed by atoms with Gasteiger partial charge in [0, 0.05) is 6.42 Å². The van der Waals surface area contributed by atoms with Crippen molar-refractivity contribution in [1.29, 1.82) is 0 Å². The summed E-state index contributed by atoms with van der Waals surface area (Å²) in [4.78, 5) is 25.8. The number of carbonyl (C=O) groups is 2. The van der Waals surface area contributed by atoms with Crippen LogP contribution in [0.15, 0.2) is 85.1 Å². The number of aliphatic hydroxyl groups is 7. The lowest BCUT2D eigenvalue weighted by atomic mass is 9.98. The highest BCUT2D eigenvalue weighted by Gasteiger charge is 2.47. The van der Waals surface area contributed by atoms with Crippen LogP contribution in [-0.2, 0) is 38.0 Å². The van der Waals surface area contributed by atoms with Crippen molar-refractivity contribution >= 4 is 11.9 Å². The van der Waals surface area contributed by atoms with Crippen molar-refractivity contribution in [3.05, 3.63) is 85.1 Å². The molecular formula is C57H94O15. The maximum Gasteiger partial charge on any atom is 0.310 e. The molecule has 11 atom stereocenters. The number of ether oxygens (including phenoxy) is 6. The Morgan fingerprint density at radius 3 is 1.44 bits per heavy atom. The minimum absolute atomic E-state index is 0.0718. The fourth-order valence-corrected chi connectivity index (χ4v) is 7.97. The molecule has 0 spiro atoms. The molecule has 0 bridgehead atoms. The number of rotatable bonds is 41. The summed E-state index contributed by atoms with van der Waals surface area (Å²) in [6.45, 7) is 2.35. The van der Waals surface area contributed by atoms with Crippen molar-refractivity contribution in [3.63, 3.8) is 0 Å². The monoisotopic (exact) mass is 1020 g/mol. The highest BCUT2D eigenvalue weighted by atomic mass is 16.7. The predicted molar refractivity (Wildman–Crippen MR) is 279 cm³/mol. The number of carbonyl (C=O) groups excluding carboxylic acids is 2. The van der Waals surface area contributed by atoms with Gasteiger partial charge in [0.15, 0.2) is 18.7 Å². The second-order valence-corrected chi connectivity index (χ2v) is 18.7. The van der Waals surface area contributed by atoms with Gasteiger partial charge in [-0.25, -0.2) is 0 Å². The highest BCUT2D eigenvalue weighted by molar-refractivity contribution is 5.71. The van der Waals surface area contributed by atoms with Gasteiger partial charge in [-0.05, 0) is 70.6 Å². The van der Waals surface area contributed by atoms with Gasteiger partial charge in [-0.1, -0.05) is 170 Å².